The number of aromatic nitrogens is 1. The van der Waals surface area contributed by atoms with Gasteiger partial charge in [0, 0.05) is 6.42 Å². The summed E-state index contributed by atoms with van der Waals surface area (Å²) in [5.74, 6) is 2.29. The molecule has 184 valence electrons. The first kappa shape index (κ1) is 26.5. The third-order valence-electron chi connectivity index (χ3n) is 6.82. The second-order valence-corrected chi connectivity index (χ2v) is 9.92. The Morgan fingerprint density at radius 2 is 1.65 bits per heavy atom. The number of oxazole rings is 1. The lowest BCUT2D eigenvalue weighted by molar-refractivity contribution is -0.905. The highest BCUT2D eigenvalue weighted by Gasteiger charge is 2.43. The number of halogens is 1. The Labute approximate surface area is 214 Å². The molecule has 1 heterocycles. The van der Waals surface area contributed by atoms with E-state index in [4.69, 9.17) is 9.15 Å². The highest BCUT2D eigenvalue weighted by molar-refractivity contribution is 5.31. The van der Waals surface area contributed by atoms with E-state index in [1.54, 1.807) is 6.20 Å². The smallest absolute Gasteiger partial charge is 0.250 e. The largest absolute Gasteiger partial charge is 1.00 e. The topological polar surface area (TPSA) is 55.5 Å². The molecule has 0 saturated heterocycles. The number of nitrogens with zero attached hydrogens (tertiary/aromatic N) is 2. The summed E-state index contributed by atoms with van der Waals surface area (Å²) in [5, 5.41) is 12.0. The molecule has 6 heteroatoms. The van der Waals surface area contributed by atoms with Crippen LogP contribution < -0.4 is 21.7 Å². The summed E-state index contributed by atoms with van der Waals surface area (Å²) in [6, 6.07) is 19.9. The molecule has 0 amide bonds. The summed E-state index contributed by atoms with van der Waals surface area (Å²) in [4.78, 5) is 4.59. The lowest BCUT2D eigenvalue weighted by atomic mass is 9.72. The van der Waals surface area contributed by atoms with Gasteiger partial charge in [-0.25, -0.2) is 4.98 Å². The second-order valence-electron chi connectivity index (χ2n) is 9.92. The molecule has 2 aromatic carbocycles. The number of rotatable bonds is 10. The molecule has 1 unspecified atom stereocenters. The zero-order valence-corrected chi connectivity index (χ0v) is 21.9. The van der Waals surface area contributed by atoms with Crippen molar-refractivity contribution < 1.29 is 35.7 Å². The number of aliphatic hydroxyl groups is 1. The van der Waals surface area contributed by atoms with Crippen molar-refractivity contribution in [1.29, 1.82) is 0 Å². The minimum Gasteiger partial charge on any atom is -1.00 e. The number of ether oxygens (including phenoxy) is 1. The summed E-state index contributed by atoms with van der Waals surface area (Å²) in [6.45, 7) is 2.29. The van der Waals surface area contributed by atoms with Crippen molar-refractivity contribution in [2.24, 2.45) is 5.92 Å². The maximum Gasteiger partial charge on any atom is 0.250 e. The van der Waals surface area contributed by atoms with E-state index in [1.165, 1.54) is 6.42 Å². The van der Waals surface area contributed by atoms with E-state index >= 15 is 0 Å². The van der Waals surface area contributed by atoms with E-state index in [-0.39, 0.29) is 22.9 Å². The molecular weight excluding hydrogens is 492 g/mol. The Morgan fingerprint density at radius 3 is 2.32 bits per heavy atom. The standard InChI is InChI=1S/C28H37N2O3.BrH/c1-30(2,19-12-20-32-25-17-10-5-11-18-25)22-27-29-21-26(33-27)28(31,23-13-6-3-7-14-23)24-15-8-4-9-16-24;/h3,5-7,10-11,13-14,17-18,21,24,31H,4,8-9,12,15-16,19-20,22H2,1-2H3;1H/q+1;/p-1. The van der Waals surface area contributed by atoms with Gasteiger partial charge in [0.15, 0.2) is 17.9 Å². The summed E-state index contributed by atoms with van der Waals surface area (Å²) in [5.41, 5.74) is -0.237. The minimum absolute atomic E-state index is 0. The third-order valence-corrected chi connectivity index (χ3v) is 6.82. The van der Waals surface area contributed by atoms with Crippen molar-refractivity contribution in [2.45, 2.75) is 50.7 Å². The summed E-state index contributed by atoms with van der Waals surface area (Å²) in [6.07, 6.45) is 8.23. The Hall–Kier alpha value is -2.15. The number of quaternary nitrogens is 1. The zero-order chi connectivity index (χ0) is 23.2. The van der Waals surface area contributed by atoms with Crippen LogP contribution >= 0.6 is 0 Å². The molecule has 5 nitrogen and oxygen atoms in total. The SMILES string of the molecule is C[N+](C)(CCCOc1ccccc1)Cc1ncc(C(O)(c2ccccc2)C2CCCCC2)o1.[Br-]. The molecule has 1 aliphatic carbocycles. The molecule has 34 heavy (non-hydrogen) atoms. The first-order valence-electron chi connectivity index (χ1n) is 12.2. The average Bonchev–Trinajstić information content (AvgIpc) is 3.31. The highest BCUT2D eigenvalue weighted by Crippen LogP contribution is 2.44. The predicted molar refractivity (Wildman–Crippen MR) is 130 cm³/mol. The lowest BCUT2D eigenvalue weighted by Gasteiger charge is -2.37. The van der Waals surface area contributed by atoms with Gasteiger partial charge >= 0.3 is 0 Å². The number of benzene rings is 2. The van der Waals surface area contributed by atoms with Gasteiger partial charge in [-0.3, -0.25) is 0 Å². The fourth-order valence-corrected chi connectivity index (χ4v) is 5.00. The van der Waals surface area contributed by atoms with Gasteiger partial charge < -0.3 is 35.7 Å². The molecule has 0 radical (unpaired) electrons. The van der Waals surface area contributed by atoms with Crippen LogP contribution in [-0.4, -0.2) is 41.8 Å². The van der Waals surface area contributed by atoms with Crippen LogP contribution in [0.4, 0.5) is 0 Å². The van der Waals surface area contributed by atoms with Crippen molar-refractivity contribution in [3.05, 3.63) is 84.1 Å². The van der Waals surface area contributed by atoms with Crippen LogP contribution in [0.2, 0.25) is 0 Å². The average molecular weight is 530 g/mol. The van der Waals surface area contributed by atoms with Crippen LogP contribution in [0, 0.1) is 5.92 Å². The number of hydrogen-bond acceptors (Lipinski definition) is 4. The monoisotopic (exact) mass is 528 g/mol. The maximum atomic E-state index is 12.0. The second kappa shape index (κ2) is 12.0. The first-order chi connectivity index (χ1) is 16.0. The quantitative estimate of drug-likeness (QED) is 0.324. The maximum absolute atomic E-state index is 12.0. The van der Waals surface area contributed by atoms with Gasteiger partial charge in [0.25, 0.3) is 5.89 Å². The van der Waals surface area contributed by atoms with Crippen LogP contribution in [0.15, 0.2) is 71.3 Å². The molecule has 1 aliphatic rings. The Balaban J connectivity index is 0.00000324. The summed E-state index contributed by atoms with van der Waals surface area (Å²) in [7, 11) is 4.35. The molecular formula is C28H37BrN2O3. The summed E-state index contributed by atoms with van der Waals surface area (Å²) >= 11 is 0. The molecule has 0 bridgehead atoms. The van der Waals surface area contributed by atoms with Crippen molar-refractivity contribution in [2.75, 3.05) is 27.2 Å². The Kier molecular flexibility index (Phi) is 9.34. The first-order valence-corrected chi connectivity index (χ1v) is 12.2. The van der Waals surface area contributed by atoms with Crippen LogP contribution in [0.3, 0.4) is 0 Å². The fraction of sp³-hybridized carbons (Fsp3) is 0.464. The molecule has 1 saturated carbocycles. The zero-order valence-electron chi connectivity index (χ0n) is 20.3. The molecule has 0 spiro atoms. The van der Waals surface area contributed by atoms with Crippen molar-refractivity contribution >= 4 is 0 Å². The van der Waals surface area contributed by atoms with E-state index in [2.05, 4.69) is 19.1 Å². The van der Waals surface area contributed by atoms with Gasteiger partial charge in [-0.2, -0.15) is 0 Å². The Morgan fingerprint density at radius 1 is 1.00 bits per heavy atom. The molecule has 0 aliphatic heterocycles. The minimum atomic E-state index is -1.13. The highest BCUT2D eigenvalue weighted by atomic mass is 79.9. The molecule has 1 aromatic heterocycles. The molecule has 1 fully saturated rings. The Bertz CT molecular complexity index is 987. The van der Waals surface area contributed by atoms with Gasteiger partial charge in [-0.15, -0.1) is 0 Å². The van der Waals surface area contributed by atoms with E-state index in [1.807, 2.05) is 60.7 Å². The number of para-hydroxylation sites is 1. The van der Waals surface area contributed by atoms with Crippen LogP contribution in [0.25, 0.3) is 0 Å². The van der Waals surface area contributed by atoms with E-state index in [0.717, 1.165) is 54.4 Å². The van der Waals surface area contributed by atoms with Gasteiger partial charge in [0.05, 0.1) is 33.4 Å². The number of hydrogen-bond donors (Lipinski definition) is 1. The molecule has 3 aromatic rings. The normalized spacial score (nSPS) is 16.4. The lowest BCUT2D eigenvalue weighted by Crippen LogP contribution is -3.00. The van der Waals surface area contributed by atoms with Gasteiger partial charge in [-0.1, -0.05) is 67.8 Å². The van der Waals surface area contributed by atoms with Crippen LogP contribution in [-0.2, 0) is 12.1 Å². The predicted octanol–water partition coefficient (Wildman–Crippen LogP) is 2.54. The van der Waals surface area contributed by atoms with Crippen molar-refractivity contribution in [1.82, 2.24) is 4.98 Å². The molecule has 1 atom stereocenters. The fourth-order valence-electron chi connectivity index (χ4n) is 5.00. The van der Waals surface area contributed by atoms with Gasteiger partial charge in [0.1, 0.15) is 5.75 Å². The van der Waals surface area contributed by atoms with Gasteiger partial charge in [0.2, 0.25) is 0 Å². The van der Waals surface area contributed by atoms with E-state index in [0.29, 0.717) is 24.8 Å². The molecule has 4 rings (SSSR count). The van der Waals surface area contributed by atoms with E-state index < -0.39 is 5.60 Å². The van der Waals surface area contributed by atoms with Crippen LogP contribution in [0.5, 0.6) is 5.75 Å². The van der Waals surface area contributed by atoms with Gasteiger partial charge in [-0.05, 0) is 36.5 Å². The van der Waals surface area contributed by atoms with E-state index in [9.17, 15) is 5.11 Å². The van der Waals surface area contributed by atoms with Crippen LogP contribution in [0.1, 0.15) is 55.7 Å². The summed E-state index contributed by atoms with van der Waals surface area (Å²) < 4.78 is 12.8. The van der Waals surface area contributed by atoms with Crippen molar-refractivity contribution in [3.8, 4) is 5.75 Å². The van der Waals surface area contributed by atoms with Crippen molar-refractivity contribution in [3.63, 3.8) is 0 Å². The molecule has 1 N–H and O–H groups in total. The third kappa shape index (κ3) is 6.49.